The van der Waals surface area contributed by atoms with Crippen molar-refractivity contribution in [2.45, 2.75) is 6.92 Å². The van der Waals surface area contributed by atoms with Gasteiger partial charge in [-0.05, 0) is 114 Å². The van der Waals surface area contributed by atoms with E-state index in [4.69, 9.17) is 52.5 Å². The monoisotopic (exact) mass is 885 g/mol. The maximum atomic E-state index is 5.81. The molecule has 0 radical (unpaired) electrons. The van der Waals surface area contributed by atoms with Gasteiger partial charge < -0.3 is 40.9 Å². The Labute approximate surface area is 266 Å². The minimum Gasteiger partial charge on any atom is -0.495 e. The van der Waals surface area contributed by atoms with Gasteiger partial charge in [-0.15, -0.1) is 0 Å². The minimum atomic E-state index is 0.557. The number of nitrogen functional groups attached to an aromatic ring is 3. The predicted octanol–water partition coefficient (Wildman–Crippen LogP) is 7.55. The predicted molar refractivity (Wildman–Crippen MR) is 176 cm³/mol. The fourth-order valence-electron chi connectivity index (χ4n) is 2.84. The number of methoxy groups -OCH3 is 5. The highest BCUT2D eigenvalue weighted by Gasteiger charge is 2.15. The summed E-state index contributed by atoms with van der Waals surface area (Å²) in [6.45, 7) is 1.91. The summed E-state index contributed by atoms with van der Waals surface area (Å²) in [5, 5.41) is 0.670. The number of halogens is 5. The molecule has 0 saturated carbocycles. The first-order valence-corrected chi connectivity index (χ1v) is 14.3. The van der Waals surface area contributed by atoms with Gasteiger partial charge in [-0.1, -0.05) is 11.6 Å². The van der Waals surface area contributed by atoms with Gasteiger partial charge in [0.15, 0.2) is 17.2 Å². The van der Waals surface area contributed by atoms with Crippen LogP contribution in [-0.4, -0.2) is 35.5 Å². The average Bonchev–Trinajstić information content (AvgIpc) is 2.83. The third-order valence-corrected chi connectivity index (χ3v) is 8.15. The van der Waals surface area contributed by atoms with Gasteiger partial charge >= 0.3 is 0 Å². The number of ether oxygens (including phenoxy) is 5. The second-order valence-electron chi connectivity index (χ2n) is 7.00. The molecule has 8 nitrogen and oxygen atoms in total. The molecule has 37 heavy (non-hydrogen) atoms. The van der Waals surface area contributed by atoms with Crippen LogP contribution in [0.2, 0.25) is 5.02 Å². The van der Waals surface area contributed by atoms with E-state index in [1.807, 2.05) is 19.1 Å². The number of anilines is 3. The quantitative estimate of drug-likeness (QED) is 0.178. The van der Waals surface area contributed by atoms with Gasteiger partial charge in [0.25, 0.3) is 0 Å². The third-order valence-electron chi connectivity index (χ3n) is 4.65. The third kappa shape index (κ3) is 8.90. The summed E-state index contributed by atoms with van der Waals surface area (Å²) in [6.07, 6.45) is 0. The molecule has 0 bridgehead atoms. The lowest BCUT2D eigenvalue weighted by Gasteiger charge is -2.12. The van der Waals surface area contributed by atoms with Crippen LogP contribution in [0.15, 0.2) is 33.2 Å². The van der Waals surface area contributed by atoms with E-state index in [-0.39, 0.29) is 0 Å². The van der Waals surface area contributed by atoms with E-state index < -0.39 is 0 Å². The van der Waals surface area contributed by atoms with Crippen LogP contribution >= 0.6 is 88.6 Å². The molecule has 13 heteroatoms. The van der Waals surface area contributed by atoms with E-state index in [1.165, 1.54) is 0 Å². The highest BCUT2D eigenvalue weighted by molar-refractivity contribution is 14.1. The molecule has 0 saturated heterocycles. The van der Waals surface area contributed by atoms with E-state index in [0.717, 1.165) is 22.9 Å². The second-order valence-corrected chi connectivity index (χ2v) is 11.3. The summed E-state index contributed by atoms with van der Waals surface area (Å²) >= 11 is 16.8. The molecule has 0 fully saturated rings. The molecule has 0 aliphatic carbocycles. The van der Waals surface area contributed by atoms with E-state index in [0.29, 0.717) is 49.6 Å². The molecule has 0 heterocycles. The average molecular weight is 888 g/mol. The van der Waals surface area contributed by atoms with Crippen molar-refractivity contribution in [1.82, 2.24) is 0 Å². The fourth-order valence-corrected chi connectivity index (χ4v) is 7.04. The minimum absolute atomic E-state index is 0.557. The standard InChI is InChI=1S/C8H9Br2NO2.C8H10ClNO.C8H9I2NO2/c1-12-7-4(9)3-5(11)8(13-2)6(7)10;1-5-3-8(11-2)7(10)4-6(5)9;1-12-7-4(9)3-5(11)8(13-2)6(7)10/h3H,11H2,1-2H3;3-4H,10H2,1-2H3;3H,11H2,1-2H3. The summed E-state index contributed by atoms with van der Waals surface area (Å²) in [6, 6.07) is 7.08. The molecule has 3 aromatic rings. The number of hydrogen-bond acceptors (Lipinski definition) is 8. The maximum Gasteiger partial charge on any atom is 0.159 e. The summed E-state index contributed by atoms with van der Waals surface area (Å²) in [5.41, 5.74) is 19.8. The van der Waals surface area contributed by atoms with Crippen molar-refractivity contribution in [3.63, 3.8) is 0 Å². The molecule has 0 atom stereocenters. The van der Waals surface area contributed by atoms with Crippen molar-refractivity contribution in [3.05, 3.63) is 50.9 Å². The molecule has 3 rings (SSSR count). The van der Waals surface area contributed by atoms with Gasteiger partial charge in [0.05, 0.1) is 60.7 Å². The van der Waals surface area contributed by atoms with Gasteiger partial charge in [0.2, 0.25) is 0 Å². The summed E-state index contributed by atoms with van der Waals surface area (Å²) in [4.78, 5) is 0. The van der Waals surface area contributed by atoms with Crippen LogP contribution in [0.5, 0.6) is 28.7 Å². The highest BCUT2D eigenvalue weighted by Crippen LogP contribution is 2.43. The smallest absolute Gasteiger partial charge is 0.159 e. The highest BCUT2D eigenvalue weighted by atomic mass is 127. The molecule has 0 aromatic heterocycles. The Kier molecular flexibility index (Phi) is 14.6. The molecule has 0 aliphatic heterocycles. The van der Waals surface area contributed by atoms with E-state index in [9.17, 15) is 0 Å². The first kappa shape index (κ1) is 33.8. The van der Waals surface area contributed by atoms with Crippen LogP contribution in [-0.2, 0) is 0 Å². The summed E-state index contributed by atoms with van der Waals surface area (Å²) in [5.74, 6) is 3.42. The molecule has 0 aliphatic rings. The largest absolute Gasteiger partial charge is 0.495 e. The molecule has 0 spiro atoms. The van der Waals surface area contributed by atoms with Crippen LogP contribution < -0.4 is 40.9 Å². The van der Waals surface area contributed by atoms with Gasteiger partial charge in [-0.25, -0.2) is 0 Å². The van der Waals surface area contributed by atoms with Crippen LogP contribution in [0, 0.1) is 14.1 Å². The van der Waals surface area contributed by atoms with Crippen molar-refractivity contribution in [2.24, 2.45) is 0 Å². The number of nitrogens with two attached hydrogens (primary N) is 3. The lowest BCUT2D eigenvalue weighted by atomic mass is 10.2. The van der Waals surface area contributed by atoms with Crippen molar-refractivity contribution < 1.29 is 23.7 Å². The summed E-state index contributed by atoms with van der Waals surface area (Å²) in [7, 11) is 7.96. The maximum absolute atomic E-state index is 5.81. The lowest BCUT2D eigenvalue weighted by Crippen LogP contribution is -1.99. The number of hydrogen-bond donors (Lipinski definition) is 3. The Hall–Kier alpha value is -1.23. The van der Waals surface area contributed by atoms with Crippen LogP contribution in [0.4, 0.5) is 17.1 Å². The Balaban J connectivity index is 0.000000279. The SMILES string of the molecule is COc1c(N)cc(Br)c(OC)c1Br.COc1c(N)cc(I)c(OC)c1I.COc1cc(C)c(Cl)cc1N. The number of rotatable bonds is 5. The Morgan fingerprint density at radius 2 is 1.19 bits per heavy atom. The van der Waals surface area contributed by atoms with Crippen molar-refractivity contribution >= 4 is 106 Å². The molecular formula is C24H28Br2ClI2N3O5. The molecule has 6 N–H and O–H groups in total. The Morgan fingerprint density at radius 3 is 1.68 bits per heavy atom. The van der Waals surface area contributed by atoms with E-state index in [2.05, 4.69) is 77.0 Å². The first-order valence-electron chi connectivity index (χ1n) is 10.2. The Morgan fingerprint density at radius 1 is 0.676 bits per heavy atom. The summed E-state index contributed by atoms with van der Waals surface area (Å²) < 4.78 is 29.0. The normalized spacial score (nSPS) is 9.81. The molecule has 0 amide bonds. The van der Waals surface area contributed by atoms with Crippen molar-refractivity contribution in [2.75, 3.05) is 52.7 Å². The van der Waals surface area contributed by atoms with Gasteiger partial charge in [0, 0.05) is 5.02 Å². The van der Waals surface area contributed by atoms with E-state index >= 15 is 0 Å². The van der Waals surface area contributed by atoms with E-state index in [1.54, 1.807) is 47.7 Å². The van der Waals surface area contributed by atoms with Crippen molar-refractivity contribution in [3.8, 4) is 28.7 Å². The van der Waals surface area contributed by atoms with Gasteiger partial charge in [-0.2, -0.15) is 0 Å². The molecule has 0 unspecified atom stereocenters. The zero-order chi connectivity index (χ0) is 28.4. The topological polar surface area (TPSA) is 124 Å². The van der Waals surface area contributed by atoms with Crippen LogP contribution in [0.1, 0.15) is 5.56 Å². The van der Waals surface area contributed by atoms with Crippen LogP contribution in [0.3, 0.4) is 0 Å². The lowest BCUT2D eigenvalue weighted by molar-refractivity contribution is 0.388. The second kappa shape index (κ2) is 16.0. The number of aryl methyl sites for hydroxylation is 1. The molecule has 204 valence electrons. The Bertz CT molecular complexity index is 1110. The first-order chi connectivity index (χ1) is 17.4. The molecular weight excluding hydrogens is 859 g/mol. The zero-order valence-corrected chi connectivity index (χ0v) is 29.2. The fraction of sp³-hybridized carbons (Fsp3) is 0.250. The zero-order valence-electron chi connectivity index (χ0n) is 21.0. The number of benzene rings is 3. The van der Waals surface area contributed by atoms with Gasteiger partial charge in [0.1, 0.15) is 19.5 Å². The van der Waals surface area contributed by atoms with Crippen molar-refractivity contribution in [1.29, 1.82) is 0 Å². The molecule has 3 aromatic carbocycles. The van der Waals surface area contributed by atoms with Gasteiger partial charge in [-0.3, -0.25) is 0 Å². The van der Waals surface area contributed by atoms with Crippen LogP contribution in [0.25, 0.3) is 0 Å².